The lowest BCUT2D eigenvalue weighted by molar-refractivity contribution is 0.0772. The lowest BCUT2D eigenvalue weighted by Gasteiger charge is -2.32. The summed E-state index contributed by atoms with van der Waals surface area (Å²) >= 11 is 0. The summed E-state index contributed by atoms with van der Waals surface area (Å²) in [5, 5.41) is 3.21. The normalized spacial score (nSPS) is 25.4. The molecule has 1 atom stereocenters. The van der Waals surface area contributed by atoms with E-state index in [9.17, 15) is 9.18 Å². The molecule has 0 amide bonds. The van der Waals surface area contributed by atoms with Crippen molar-refractivity contribution in [3.63, 3.8) is 0 Å². The number of hydrogen-bond acceptors (Lipinski definition) is 3. The Kier molecular flexibility index (Phi) is 3.01. The van der Waals surface area contributed by atoms with E-state index >= 15 is 0 Å². The van der Waals surface area contributed by atoms with Gasteiger partial charge in [0.2, 0.25) is 0 Å². The fourth-order valence-corrected chi connectivity index (χ4v) is 2.13. The van der Waals surface area contributed by atoms with Gasteiger partial charge < -0.3 is 5.32 Å². The Bertz CT molecular complexity index is 400. The van der Waals surface area contributed by atoms with Crippen LogP contribution in [0, 0.1) is 11.2 Å². The van der Waals surface area contributed by atoms with Gasteiger partial charge in [0.05, 0.1) is 6.20 Å². The quantitative estimate of drug-likeness (QED) is 0.776. The minimum Gasteiger partial charge on any atom is -0.316 e. The Morgan fingerprint density at radius 3 is 3.00 bits per heavy atom. The molecular weight excluding hydrogens is 207 g/mol. The van der Waals surface area contributed by atoms with Gasteiger partial charge in [-0.15, -0.1) is 0 Å². The number of carbonyl (C=O) groups excluding carboxylic acids is 1. The van der Waals surface area contributed by atoms with Gasteiger partial charge in [0.1, 0.15) is 5.82 Å². The highest BCUT2D eigenvalue weighted by Gasteiger charge is 2.35. The van der Waals surface area contributed by atoms with Gasteiger partial charge in [-0.25, -0.2) is 4.39 Å². The number of Topliss-reactive ketones (excluding diaryl/α,β-unsaturated/α-hetero) is 1. The average molecular weight is 222 g/mol. The van der Waals surface area contributed by atoms with E-state index in [0.29, 0.717) is 12.1 Å². The van der Waals surface area contributed by atoms with Crippen LogP contribution in [0.4, 0.5) is 4.39 Å². The molecule has 3 nitrogen and oxygen atoms in total. The fourth-order valence-electron chi connectivity index (χ4n) is 2.13. The minimum absolute atomic E-state index is 0.0216. The highest BCUT2D eigenvalue weighted by Crippen LogP contribution is 2.29. The first-order chi connectivity index (χ1) is 7.62. The van der Waals surface area contributed by atoms with Crippen LogP contribution in [0.25, 0.3) is 0 Å². The lowest BCUT2D eigenvalue weighted by Crippen LogP contribution is -2.43. The van der Waals surface area contributed by atoms with Gasteiger partial charge in [0, 0.05) is 23.7 Å². The van der Waals surface area contributed by atoms with Gasteiger partial charge in [-0.05, 0) is 25.5 Å². The zero-order valence-electron chi connectivity index (χ0n) is 9.29. The summed E-state index contributed by atoms with van der Waals surface area (Å²) in [6.07, 6.45) is 4.36. The van der Waals surface area contributed by atoms with Gasteiger partial charge in [-0.3, -0.25) is 9.78 Å². The van der Waals surface area contributed by atoms with Crippen LogP contribution in [-0.2, 0) is 0 Å². The molecule has 1 unspecified atom stereocenters. The molecule has 1 aromatic rings. The second kappa shape index (κ2) is 4.29. The van der Waals surface area contributed by atoms with Crippen molar-refractivity contribution in [2.45, 2.75) is 19.8 Å². The molecule has 0 bridgehead atoms. The van der Waals surface area contributed by atoms with Crippen LogP contribution in [0.5, 0.6) is 0 Å². The minimum atomic E-state index is -0.460. The van der Waals surface area contributed by atoms with Crippen LogP contribution >= 0.6 is 0 Å². The predicted octanol–water partition coefficient (Wildman–Crippen LogP) is 1.79. The zero-order valence-corrected chi connectivity index (χ0v) is 9.29. The number of hydrogen-bond donors (Lipinski definition) is 1. The molecule has 0 saturated carbocycles. The Hall–Kier alpha value is -1.29. The smallest absolute Gasteiger partial charge is 0.171 e. The number of ketones is 1. The van der Waals surface area contributed by atoms with Crippen molar-refractivity contribution >= 4 is 5.78 Å². The topological polar surface area (TPSA) is 42.0 Å². The Labute approximate surface area is 94.1 Å². The zero-order chi connectivity index (χ0) is 11.6. The maximum absolute atomic E-state index is 13.0. The third-order valence-corrected chi connectivity index (χ3v) is 3.11. The molecule has 1 N–H and O–H groups in total. The van der Waals surface area contributed by atoms with Crippen LogP contribution in [0.3, 0.4) is 0 Å². The average Bonchev–Trinajstić information content (AvgIpc) is 2.29. The molecular formula is C12H15FN2O. The van der Waals surface area contributed by atoms with Crippen molar-refractivity contribution in [3.05, 3.63) is 29.8 Å². The standard InChI is InChI=1S/C12H15FN2O/c1-12(3-2-4-14-8-12)11(16)9-5-10(13)7-15-6-9/h5-7,14H,2-4,8H2,1H3. The third kappa shape index (κ3) is 2.11. The molecule has 16 heavy (non-hydrogen) atoms. The van der Waals surface area contributed by atoms with Crippen LogP contribution in [0.15, 0.2) is 18.5 Å². The largest absolute Gasteiger partial charge is 0.316 e. The fraction of sp³-hybridized carbons (Fsp3) is 0.500. The molecule has 1 aliphatic heterocycles. The number of rotatable bonds is 2. The van der Waals surface area contributed by atoms with Crippen molar-refractivity contribution in [3.8, 4) is 0 Å². The molecule has 2 heterocycles. The second-order valence-electron chi connectivity index (χ2n) is 4.56. The number of pyridine rings is 1. The Balaban J connectivity index is 2.24. The van der Waals surface area contributed by atoms with E-state index in [1.54, 1.807) is 0 Å². The maximum Gasteiger partial charge on any atom is 0.171 e. The summed E-state index contributed by atoms with van der Waals surface area (Å²) in [6.45, 7) is 3.53. The summed E-state index contributed by atoms with van der Waals surface area (Å²) in [7, 11) is 0. The van der Waals surface area contributed by atoms with Gasteiger partial charge in [-0.2, -0.15) is 0 Å². The first-order valence-corrected chi connectivity index (χ1v) is 5.48. The van der Waals surface area contributed by atoms with Gasteiger partial charge in [0.15, 0.2) is 5.78 Å². The molecule has 0 radical (unpaired) electrons. The first-order valence-electron chi connectivity index (χ1n) is 5.48. The van der Waals surface area contributed by atoms with Gasteiger partial charge >= 0.3 is 0 Å². The van der Waals surface area contributed by atoms with Crippen molar-refractivity contribution in [1.82, 2.24) is 10.3 Å². The molecule has 1 aromatic heterocycles. The number of halogens is 1. The van der Waals surface area contributed by atoms with E-state index in [1.165, 1.54) is 12.3 Å². The second-order valence-corrected chi connectivity index (χ2v) is 4.56. The molecule has 1 aliphatic rings. The summed E-state index contributed by atoms with van der Waals surface area (Å²) in [6, 6.07) is 1.26. The number of carbonyl (C=O) groups is 1. The Morgan fingerprint density at radius 1 is 1.56 bits per heavy atom. The summed E-state index contributed by atoms with van der Waals surface area (Å²) in [4.78, 5) is 15.9. The summed E-state index contributed by atoms with van der Waals surface area (Å²) in [5.74, 6) is -0.482. The van der Waals surface area contributed by atoms with E-state index in [1.807, 2.05) is 6.92 Å². The van der Waals surface area contributed by atoms with E-state index in [2.05, 4.69) is 10.3 Å². The van der Waals surface area contributed by atoms with E-state index in [4.69, 9.17) is 0 Å². The molecule has 0 spiro atoms. The number of nitrogens with zero attached hydrogens (tertiary/aromatic N) is 1. The molecule has 1 saturated heterocycles. The van der Waals surface area contributed by atoms with Crippen molar-refractivity contribution in [2.75, 3.05) is 13.1 Å². The summed E-state index contributed by atoms with van der Waals surface area (Å²) in [5.41, 5.74) is -0.0560. The number of aromatic nitrogens is 1. The Morgan fingerprint density at radius 2 is 2.38 bits per heavy atom. The monoisotopic (exact) mass is 222 g/mol. The van der Waals surface area contributed by atoms with Crippen LogP contribution < -0.4 is 5.32 Å². The van der Waals surface area contributed by atoms with Crippen molar-refractivity contribution in [2.24, 2.45) is 5.41 Å². The van der Waals surface area contributed by atoms with Crippen LogP contribution in [0.2, 0.25) is 0 Å². The van der Waals surface area contributed by atoms with E-state index in [-0.39, 0.29) is 5.78 Å². The van der Waals surface area contributed by atoms with E-state index < -0.39 is 11.2 Å². The molecule has 2 rings (SSSR count). The highest BCUT2D eigenvalue weighted by atomic mass is 19.1. The predicted molar refractivity (Wildman–Crippen MR) is 58.7 cm³/mol. The number of piperidine rings is 1. The SMILES string of the molecule is CC1(C(=O)c2cncc(F)c2)CCCNC1. The van der Waals surface area contributed by atoms with Crippen LogP contribution in [-0.4, -0.2) is 23.9 Å². The van der Waals surface area contributed by atoms with Crippen molar-refractivity contribution in [1.29, 1.82) is 0 Å². The summed E-state index contributed by atoms with van der Waals surface area (Å²) < 4.78 is 13.0. The molecule has 0 aliphatic carbocycles. The number of nitrogens with one attached hydrogen (secondary N) is 1. The molecule has 86 valence electrons. The lowest BCUT2D eigenvalue weighted by atomic mass is 9.77. The highest BCUT2D eigenvalue weighted by molar-refractivity contribution is 6.00. The van der Waals surface area contributed by atoms with Crippen LogP contribution in [0.1, 0.15) is 30.1 Å². The third-order valence-electron chi connectivity index (χ3n) is 3.11. The molecule has 0 aromatic carbocycles. The molecule has 4 heteroatoms. The van der Waals surface area contributed by atoms with Crippen molar-refractivity contribution < 1.29 is 9.18 Å². The first kappa shape index (κ1) is 11.2. The maximum atomic E-state index is 13.0. The molecule has 1 fully saturated rings. The van der Waals surface area contributed by atoms with Gasteiger partial charge in [-0.1, -0.05) is 6.92 Å². The van der Waals surface area contributed by atoms with Gasteiger partial charge in [0.25, 0.3) is 0 Å². The van der Waals surface area contributed by atoms with E-state index in [0.717, 1.165) is 25.6 Å².